The van der Waals surface area contributed by atoms with Crippen LogP contribution in [0, 0.1) is 11.7 Å². The van der Waals surface area contributed by atoms with Gasteiger partial charge in [-0.25, -0.2) is 4.39 Å². The third-order valence-corrected chi connectivity index (χ3v) is 4.13. The third kappa shape index (κ3) is 4.42. The van der Waals surface area contributed by atoms with Crippen LogP contribution in [0.25, 0.3) is 0 Å². The van der Waals surface area contributed by atoms with E-state index in [4.69, 9.17) is 0 Å². The molecule has 3 nitrogen and oxygen atoms in total. The zero-order valence-corrected chi connectivity index (χ0v) is 13.3. The minimum atomic E-state index is -0.583. The molecule has 1 aromatic carbocycles. The molecule has 1 aliphatic heterocycles. The number of rotatable bonds is 5. The fourth-order valence-electron chi connectivity index (χ4n) is 2.73. The number of benzene rings is 1. The quantitative estimate of drug-likeness (QED) is 0.876. The molecule has 0 aliphatic carbocycles. The van der Waals surface area contributed by atoms with Crippen molar-refractivity contribution in [3.63, 3.8) is 0 Å². The standard InChI is InChI=1S/C17H27FN2O/c1-13(2)11-19-12-14-15(18)5-4-6-16(14)20-9-7-17(3,21)8-10-20/h4-6,13,19,21H,7-12H2,1-3H3. The molecule has 118 valence electrons. The van der Waals surface area contributed by atoms with Gasteiger partial charge in [0.2, 0.25) is 0 Å². The number of hydrogen-bond donors (Lipinski definition) is 2. The Balaban J connectivity index is 2.10. The molecular weight excluding hydrogens is 267 g/mol. The Morgan fingerprint density at radius 2 is 2.00 bits per heavy atom. The molecule has 0 radical (unpaired) electrons. The first-order chi connectivity index (χ1) is 9.89. The van der Waals surface area contributed by atoms with Crippen molar-refractivity contribution in [3.05, 3.63) is 29.6 Å². The zero-order valence-electron chi connectivity index (χ0n) is 13.3. The number of nitrogens with one attached hydrogen (secondary N) is 1. The van der Waals surface area contributed by atoms with Crippen LogP contribution in [-0.2, 0) is 6.54 Å². The minimum absolute atomic E-state index is 0.152. The maximum absolute atomic E-state index is 14.2. The van der Waals surface area contributed by atoms with E-state index < -0.39 is 5.60 Å². The second-order valence-electron chi connectivity index (χ2n) is 6.75. The smallest absolute Gasteiger partial charge is 0.129 e. The number of piperidine rings is 1. The molecule has 21 heavy (non-hydrogen) atoms. The predicted molar refractivity (Wildman–Crippen MR) is 85.0 cm³/mol. The Morgan fingerprint density at radius 1 is 1.33 bits per heavy atom. The van der Waals surface area contributed by atoms with Gasteiger partial charge in [0.25, 0.3) is 0 Å². The highest BCUT2D eigenvalue weighted by molar-refractivity contribution is 5.54. The Labute approximate surface area is 127 Å². The average molecular weight is 294 g/mol. The van der Waals surface area contributed by atoms with Crippen LogP contribution in [0.5, 0.6) is 0 Å². The summed E-state index contributed by atoms with van der Waals surface area (Å²) in [5.41, 5.74) is 1.11. The lowest BCUT2D eigenvalue weighted by Gasteiger charge is -2.38. The van der Waals surface area contributed by atoms with E-state index in [0.717, 1.165) is 43.7 Å². The van der Waals surface area contributed by atoms with Crippen molar-refractivity contribution < 1.29 is 9.50 Å². The van der Waals surface area contributed by atoms with Crippen LogP contribution in [-0.4, -0.2) is 30.3 Å². The van der Waals surface area contributed by atoms with Gasteiger partial charge in [-0.15, -0.1) is 0 Å². The molecule has 4 heteroatoms. The van der Waals surface area contributed by atoms with E-state index in [1.807, 2.05) is 13.0 Å². The Morgan fingerprint density at radius 3 is 2.62 bits per heavy atom. The molecule has 1 aliphatic rings. The Kier molecular flexibility index (Phi) is 5.22. The van der Waals surface area contributed by atoms with Gasteiger partial charge in [0, 0.05) is 30.9 Å². The largest absolute Gasteiger partial charge is 0.390 e. The lowest BCUT2D eigenvalue weighted by atomic mass is 9.93. The number of anilines is 1. The number of nitrogens with zero attached hydrogens (tertiary/aromatic N) is 1. The van der Waals surface area contributed by atoms with Crippen LogP contribution in [0.2, 0.25) is 0 Å². The van der Waals surface area contributed by atoms with E-state index in [0.29, 0.717) is 12.5 Å². The highest BCUT2D eigenvalue weighted by Crippen LogP contribution is 2.29. The van der Waals surface area contributed by atoms with Gasteiger partial charge in [-0.1, -0.05) is 19.9 Å². The highest BCUT2D eigenvalue weighted by atomic mass is 19.1. The third-order valence-electron chi connectivity index (χ3n) is 4.13. The molecule has 0 unspecified atom stereocenters. The molecule has 2 N–H and O–H groups in total. The molecule has 1 saturated heterocycles. The molecule has 0 spiro atoms. The Bertz CT molecular complexity index is 464. The summed E-state index contributed by atoms with van der Waals surface area (Å²) < 4.78 is 14.2. The van der Waals surface area contributed by atoms with E-state index >= 15 is 0 Å². The summed E-state index contributed by atoms with van der Waals surface area (Å²) >= 11 is 0. The summed E-state index contributed by atoms with van der Waals surface area (Å²) in [6.45, 7) is 9.13. The van der Waals surface area contributed by atoms with Gasteiger partial charge in [0.15, 0.2) is 0 Å². The average Bonchev–Trinajstić information content (AvgIpc) is 2.40. The van der Waals surface area contributed by atoms with Crippen LogP contribution >= 0.6 is 0 Å². The number of aliphatic hydroxyl groups is 1. The van der Waals surface area contributed by atoms with Crippen molar-refractivity contribution in [2.75, 3.05) is 24.5 Å². The van der Waals surface area contributed by atoms with Gasteiger partial charge >= 0.3 is 0 Å². The van der Waals surface area contributed by atoms with E-state index in [1.54, 1.807) is 6.07 Å². The molecule has 1 fully saturated rings. The van der Waals surface area contributed by atoms with Crippen molar-refractivity contribution in [2.24, 2.45) is 5.92 Å². The fourth-order valence-corrected chi connectivity index (χ4v) is 2.73. The van der Waals surface area contributed by atoms with Gasteiger partial charge in [-0.05, 0) is 44.4 Å². The summed E-state index contributed by atoms with van der Waals surface area (Å²) in [5.74, 6) is 0.395. The normalized spacial score (nSPS) is 18.3. The SMILES string of the molecule is CC(C)CNCc1c(F)cccc1N1CCC(C)(O)CC1. The van der Waals surface area contributed by atoms with Crippen molar-refractivity contribution >= 4 is 5.69 Å². The molecule has 1 aromatic rings. The molecular formula is C17H27FN2O. The van der Waals surface area contributed by atoms with E-state index in [9.17, 15) is 9.50 Å². The van der Waals surface area contributed by atoms with Gasteiger partial charge in [0.1, 0.15) is 5.82 Å². The van der Waals surface area contributed by atoms with Gasteiger partial charge in [0.05, 0.1) is 5.60 Å². The van der Waals surface area contributed by atoms with Crippen LogP contribution in [0.4, 0.5) is 10.1 Å². The summed E-state index contributed by atoms with van der Waals surface area (Å²) in [5, 5.41) is 13.4. The van der Waals surface area contributed by atoms with Crippen LogP contribution in [0.1, 0.15) is 39.2 Å². The first kappa shape index (κ1) is 16.2. The van der Waals surface area contributed by atoms with Crippen molar-refractivity contribution in [1.29, 1.82) is 0 Å². The summed E-state index contributed by atoms with van der Waals surface area (Å²) in [7, 11) is 0. The maximum Gasteiger partial charge on any atom is 0.129 e. The summed E-state index contributed by atoms with van der Waals surface area (Å²) in [6, 6.07) is 5.27. The minimum Gasteiger partial charge on any atom is -0.390 e. The monoisotopic (exact) mass is 294 g/mol. The Hall–Kier alpha value is -1.13. The lowest BCUT2D eigenvalue weighted by molar-refractivity contribution is 0.0351. The van der Waals surface area contributed by atoms with Gasteiger partial charge in [-0.3, -0.25) is 0 Å². The van der Waals surface area contributed by atoms with Gasteiger partial charge in [-0.2, -0.15) is 0 Å². The first-order valence-electron chi connectivity index (χ1n) is 7.84. The predicted octanol–water partition coefficient (Wildman–Crippen LogP) is 2.92. The summed E-state index contributed by atoms with van der Waals surface area (Å²) in [4.78, 5) is 2.19. The van der Waals surface area contributed by atoms with Crippen LogP contribution in [0.3, 0.4) is 0 Å². The maximum atomic E-state index is 14.2. The first-order valence-corrected chi connectivity index (χ1v) is 7.84. The topological polar surface area (TPSA) is 35.5 Å². The zero-order chi connectivity index (χ0) is 15.5. The molecule has 1 heterocycles. The van der Waals surface area contributed by atoms with E-state index in [1.165, 1.54) is 6.07 Å². The fraction of sp³-hybridized carbons (Fsp3) is 0.647. The molecule has 0 bridgehead atoms. The highest BCUT2D eigenvalue weighted by Gasteiger charge is 2.28. The molecule has 0 atom stereocenters. The van der Waals surface area contributed by atoms with Crippen LogP contribution < -0.4 is 10.2 Å². The molecule has 0 amide bonds. The van der Waals surface area contributed by atoms with Crippen molar-refractivity contribution in [2.45, 2.75) is 45.8 Å². The van der Waals surface area contributed by atoms with E-state index in [2.05, 4.69) is 24.1 Å². The number of hydrogen-bond acceptors (Lipinski definition) is 3. The summed E-state index contributed by atoms with van der Waals surface area (Å²) in [6.07, 6.45) is 1.45. The number of halogens is 1. The second-order valence-corrected chi connectivity index (χ2v) is 6.75. The van der Waals surface area contributed by atoms with Gasteiger partial charge < -0.3 is 15.3 Å². The molecule has 0 aromatic heterocycles. The van der Waals surface area contributed by atoms with Crippen molar-refractivity contribution in [1.82, 2.24) is 5.32 Å². The molecule has 0 saturated carbocycles. The van der Waals surface area contributed by atoms with E-state index in [-0.39, 0.29) is 5.82 Å². The lowest BCUT2D eigenvalue weighted by Crippen LogP contribution is -2.43. The van der Waals surface area contributed by atoms with Crippen LogP contribution in [0.15, 0.2) is 18.2 Å². The molecule has 2 rings (SSSR count). The second kappa shape index (κ2) is 6.75. The van der Waals surface area contributed by atoms with Crippen molar-refractivity contribution in [3.8, 4) is 0 Å².